The molecule has 3 aromatic heterocycles. The van der Waals surface area contributed by atoms with Crippen LogP contribution in [0, 0.1) is 0 Å². The molecule has 2 aliphatic rings. The van der Waals surface area contributed by atoms with E-state index in [4.69, 9.17) is 14.8 Å². The average molecular weight is 455 g/mol. The first kappa shape index (κ1) is 20.8. The number of carbonyl (C=O) groups is 1. The second-order valence-corrected chi connectivity index (χ2v) is 8.76. The van der Waals surface area contributed by atoms with Crippen molar-refractivity contribution >= 4 is 23.2 Å². The zero-order chi connectivity index (χ0) is 22.9. The third kappa shape index (κ3) is 3.90. The summed E-state index contributed by atoms with van der Waals surface area (Å²) in [7, 11) is 0. The van der Waals surface area contributed by atoms with Gasteiger partial charge in [0.2, 0.25) is 5.91 Å². The summed E-state index contributed by atoms with van der Waals surface area (Å²) >= 11 is 0. The van der Waals surface area contributed by atoms with Gasteiger partial charge in [-0.05, 0) is 24.1 Å². The smallest absolute Gasteiger partial charge is 0.228 e. The van der Waals surface area contributed by atoms with Gasteiger partial charge >= 0.3 is 0 Å². The monoisotopic (exact) mass is 454 g/mol. The third-order valence-electron chi connectivity index (χ3n) is 6.66. The van der Waals surface area contributed by atoms with Crippen LogP contribution in [0.15, 0.2) is 67.0 Å². The molecule has 4 aromatic rings. The predicted molar refractivity (Wildman–Crippen MR) is 130 cm³/mol. The average Bonchev–Trinajstić information content (AvgIpc) is 3.34. The molecule has 2 saturated heterocycles. The van der Waals surface area contributed by atoms with E-state index in [1.165, 1.54) is 5.56 Å². The van der Waals surface area contributed by atoms with Gasteiger partial charge in [-0.3, -0.25) is 14.7 Å². The largest absolute Gasteiger partial charge is 0.378 e. The maximum absolute atomic E-state index is 13.0. The molecule has 8 heteroatoms. The van der Waals surface area contributed by atoms with Crippen molar-refractivity contribution in [2.24, 2.45) is 0 Å². The lowest BCUT2D eigenvalue weighted by Crippen LogP contribution is -2.41. The minimum absolute atomic E-state index is 0.117. The van der Waals surface area contributed by atoms with Crippen molar-refractivity contribution in [1.82, 2.24) is 19.6 Å². The SMILES string of the molecule is O=C1CCC(c2ccccc2)CN1c1cc(N2CCOCC2)n2nc(-c3ccncc3)cc2n1. The number of aromatic nitrogens is 4. The van der Waals surface area contributed by atoms with Gasteiger partial charge in [-0.15, -0.1) is 0 Å². The molecule has 1 unspecified atom stereocenters. The van der Waals surface area contributed by atoms with Crippen LogP contribution >= 0.6 is 0 Å². The second kappa shape index (κ2) is 8.87. The maximum Gasteiger partial charge on any atom is 0.228 e. The topological polar surface area (TPSA) is 75.9 Å². The van der Waals surface area contributed by atoms with Crippen molar-refractivity contribution in [3.05, 3.63) is 72.6 Å². The Morgan fingerprint density at radius 1 is 0.971 bits per heavy atom. The molecule has 1 aromatic carbocycles. The Kier molecular flexibility index (Phi) is 5.43. The van der Waals surface area contributed by atoms with Gasteiger partial charge in [0, 0.05) is 62.1 Å². The van der Waals surface area contributed by atoms with Crippen LogP contribution in [0.25, 0.3) is 16.9 Å². The molecule has 34 heavy (non-hydrogen) atoms. The zero-order valence-corrected chi connectivity index (χ0v) is 18.9. The van der Waals surface area contributed by atoms with E-state index in [0.29, 0.717) is 37.9 Å². The van der Waals surface area contributed by atoms with E-state index in [1.54, 1.807) is 12.4 Å². The molecule has 2 fully saturated rings. The number of fused-ring (bicyclic) bond motifs is 1. The number of benzene rings is 1. The van der Waals surface area contributed by atoms with Gasteiger partial charge in [0.05, 0.1) is 18.9 Å². The first-order valence-electron chi connectivity index (χ1n) is 11.8. The Bertz CT molecular complexity index is 1300. The summed E-state index contributed by atoms with van der Waals surface area (Å²) in [5, 5.41) is 4.87. The van der Waals surface area contributed by atoms with E-state index in [0.717, 1.165) is 42.2 Å². The lowest BCUT2D eigenvalue weighted by molar-refractivity contribution is -0.119. The highest BCUT2D eigenvalue weighted by molar-refractivity contribution is 5.94. The van der Waals surface area contributed by atoms with Crippen molar-refractivity contribution in [2.45, 2.75) is 18.8 Å². The lowest BCUT2D eigenvalue weighted by Gasteiger charge is -2.34. The number of morpholine rings is 1. The summed E-state index contributed by atoms with van der Waals surface area (Å²) in [6, 6.07) is 18.3. The molecule has 2 aliphatic heterocycles. The molecule has 0 aliphatic carbocycles. The summed E-state index contributed by atoms with van der Waals surface area (Å²) < 4.78 is 7.46. The quantitative estimate of drug-likeness (QED) is 0.470. The minimum atomic E-state index is 0.117. The number of rotatable bonds is 4. The molecular formula is C26H26N6O2. The number of amides is 1. The Hall–Kier alpha value is -3.78. The molecule has 6 rings (SSSR count). The standard InChI is InChI=1S/C26H26N6O2/c33-26-7-6-21(19-4-2-1-3-5-19)18-31(26)23-17-25(30-12-14-34-15-13-30)32-24(28-23)16-22(29-32)20-8-10-27-11-9-20/h1-5,8-11,16-17,21H,6-7,12-15,18H2. The number of pyridine rings is 1. The fraction of sp³-hybridized carbons (Fsp3) is 0.308. The van der Waals surface area contributed by atoms with E-state index >= 15 is 0 Å². The van der Waals surface area contributed by atoms with Crippen molar-refractivity contribution in [3.63, 3.8) is 0 Å². The van der Waals surface area contributed by atoms with Crippen LogP contribution in [-0.2, 0) is 9.53 Å². The van der Waals surface area contributed by atoms with E-state index in [9.17, 15) is 4.79 Å². The summed E-state index contributed by atoms with van der Waals surface area (Å²) in [6.07, 6.45) is 4.89. The van der Waals surface area contributed by atoms with Gasteiger partial charge in [-0.25, -0.2) is 4.98 Å². The molecule has 5 heterocycles. The van der Waals surface area contributed by atoms with Crippen LogP contribution in [0.4, 0.5) is 11.6 Å². The maximum atomic E-state index is 13.0. The Morgan fingerprint density at radius 2 is 1.76 bits per heavy atom. The predicted octanol–water partition coefficient (Wildman–Crippen LogP) is 3.54. The summed E-state index contributed by atoms with van der Waals surface area (Å²) in [4.78, 5) is 26.2. The minimum Gasteiger partial charge on any atom is -0.378 e. The number of hydrogen-bond acceptors (Lipinski definition) is 6. The van der Waals surface area contributed by atoms with Crippen molar-refractivity contribution in [3.8, 4) is 11.3 Å². The number of ether oxygens (including phenoxy) is 1. The van der Waals surface area contributed by atoms with Gasteiger partial charge in [-0.1, -0.05) is 30.3 Å². The van der Waals surface area contributed by atoms with Crippen LogP contribution in [0.1, 0.15) is 24.3 Å². The van der Waals surface area contributed by atoms with Gasteiger partial charge in [0.25, 0.3) is 0 Å². The fourth-order valence-corrected chi connectivity index (χ4v) is 4.83. The summed E-state index contributed by atoms with van der Waals surface area (Å²) in [5.74, 6) is 2.02. The lowest BCUT2D eigenvalue weighted by atomic mass is 9.90. The highest BCUT2D eigenvalue weighted by Gasteiger charge is 2.30. The summed E-state index contributed by atoms with van der Waals surface area (Å²) in [5.41, 5.74) is 3.79. The Morgan fingerprint density at radius 3 is 2.56 bits per heavy atom. The Balaban J connectivity index is 1.43. The number of anilines is 2. The molecule has 1 atom stereocenters. The van der Waals surface area contributed by atoms with Crippen molar-refractivity contribution in [2.75, 3.05) is 42.6 Å². The number of piperidine rings is 1. The molecule has 1 amide bonds. The molecule has 0 saturated carbocycles. The van der Waals surface area contributed by atoms with E-state index < -0.39 is 0 Å². The number of carbonyl (C=O) groups excluding carboxylic acids is 1. The number of hydrogen-bond donors (Lipinski definition) is 0. The number of nitrogens with zero attached hydrogens (tertiary/aromatic N) is 6. The zero-order valence-electron chi connectivity index (χ0n) is 18.9. The van der Waals surface area contributed by atoms with E-state index in [-0.39, 0.29) is 5.91 Å². The molecular weight excluding hydrogens is 428 g/mol. The normalized spacial score (nSPS) is 19.1. The molecule has 172 valence electrons. The first-order valence-corrected chi connectivity index (χ1v) is 11.8. The van der Waals surface area contributed by atoms with E-state index in [2.05, 4.69) is 34.1 Å². The molecule has 0 bridgehead atoms. The second-order valence-electron chi connectivity index (χ2n) is 8.76. The van der Waals surface area contributed by atoms with Crippen molar-refractivity contribution < 1.29 is 9.53 Å². The van der Waals surface area contributed by atoms with Gasteiger partial charge in [0.15, 0.2) is 5.65 Å². The molecule has 0 spiro atoms. The highest BCUT2D eigenvalue weighted by Crippen LogP contribution is 2.33. The van der Waals surface area contributed by atoms with Crippen LogP contribution < -0.4 is 9.80 Å². The molecule has 0 N–H and O–H groups in total. The van der Waals surface area contributed by atoms with E-state index in [1.807, 2.05) is 39.7 Å². The Labute approximate surface area is 197 Å². The first-order chi connectivity index (χ1) is 16.8. The van der Waals surface area contributed by atoms with Gasteiger partial charge in [0.1, 0.15) is 11.6 Å². The van der Waals surface area contributed by atoms with Crippen LogP contribution in [0.2, 0.25) is 0 Å². The van der Waals surface area contributed by atoms with Gasteiger partial charge < -0.3 is 9.64 Å². The third-order valence-corrected chi connectivity index (χ3v) is 6.66. The molecule has 0 radical (unpaired) electrons. The fourth-order valence-electron chi connectivity index (χ4n) is 4.83. The summed E-state index contributed by atoms with van der Waals surface area (Å²) in [6.45, 7) is 3.49. The van der Waals surface area contributed by atoms with Crippen LogP contribution in [0.5, 0.6) is 0 Å². The molecule has 8 nitrogen and oxygen atoms in total. The highest BCUT2D eigenvalue weighted by atomic mass is 16.5. The van der Waals surface area contributed by atoms with Crippen molar-refractivity contribution in [1.29, 1.82) is 0 Å². The van der Waals surface area contributed by atoms with Crippen LogP contribution in [0.3, 0.4) is 0 Å². The van der Waals surface area contributed by atoms with Crippen LogP contribution in [-0.4, -0.2) is 58.3 Å². The van der Waals surface area contributed by atoms with Gasteiger partial charge in [-0.2, -0.15) is 9.61 Å².